The van der Waals surface area contributed by atoms with Crippen molar-refractivity contribution in [1.82, 2.24) is 14.3 Å². The van der Waals surface area contributed by atoms with Gasteiger partial charge in [0.2, 0.25) is 10.0 Å². The Morgan fingerprint density at radius 3 is 2.67 bits per heavy atom. The van der Waals surface area contributed by atoms with Crippen LogP contribution in [0.15, 0.2) is 58.2 Å². The van der Waals surface area contributed by atoms with E-state index >= 15 is 0 Å². The van der Waals surface area contributed by atoms with Crippen molar-refractivity contribution in [3.05, 3.63) is 64.7 Å². The van der Waals surface area contributed by atoms with Crippen LogP contribution < -0.4 is 10.3 Å². The number of hydrogen-bond acceptors (Lipinski definition) is 6. The Morgan fingerprint density at radius 2 is 1.97 bits per heavy atom. The zero-order valence-electron chi connectivity index (χ0n) is 16.6. The number of aromatic amines is 1. The second-order valence-electron chi connectivity index (χ2n) is 7.14. The van der Waals surface area contributed by atoms with Crippen LogP contribution in [0, 0.1) is 0 Å². The summed E-state index contributed by atoms with van der Waals surface area (Å²) in [6, 6.07) is 13.2. The fourth-order valence-corrected chi connectivity index (χ4v) is 4.97. The molecule has 1 fully saturated rings. The van der Waals surface area contributed by atoms with Gasteiger partial charge in [0.05, 0.1) is 35.6 Å². The Bertz CT molecular complexity index is 1190. The van der Waals surface area contributed by atoms with Crippen LogP contribution in [0.4, 0.5) is 0 Å². The molecular formula is C21H23N3O5S. The van der Waals surface area contributed by atoms with E-state index in [1.807, 2.05) is 0 Å². The van der Waals surface area contributed by atoms with Gasteiger partial charge in [-0.1, -0.05) is 12.1 Å². The van der Waals surface area contributed by atoms with Crippen molar-refractivity contribution >= 4 is 20.9 Å². The van der Waals surface area contributed by atoms with Gasteiger partial charge in [-0.05, 0) is 49.2 Å². The summed E-state index contributed by atoms with van der Waals surface area (Å²) in [7, 11) is -2.32. The van der Waals surface area contributed by atoms with Gasteiger partial charge in [-0.25, -0.2) is 13.4 Å². The first-order valence-corrected chi connectivity index (χ1v) is 11.1. The highest BCUT2D eigenvalue weighted by atomic mass is 32.2. The van der Waals surface area contributed by atoms with Crippen molar-refractivity contribution in [3.8, 4) is 5.75 Å². The maximum atomic E-state index is 13.4. The second kappa shape index (κ2) is 8.55. The number of H-pyrrole nitrogens is 1. The minimum atomic E-state index is -3.84. The lowest BCUT2D eigenvalue weighted by Gasteiger charge is -2.24. The van der Waals surface area contributed by atoms with E-state index < -0.39 is 10.0 Å². The van der Waals surface area contributed by atoms with E-state index in [2.05, 4.69) is 9.97 Å². The summed E-state index contributed by atoms with van der Waals surface area (Å²) in [5.74, 6) is 0.855. The van der Waals surface area contributed by atoms with E-state index in [0.717, 1.165) is 12.8 Å². The third-order valence-electron chi connectivity index (χ3n) is 5.12. The summed E-state index contributed by atoms with van der Waals surface area (Å²) < 4.78 is 38.9. The molecule has 1 aliphatic rings. The van der Waals surface area contributed by atoms with E-state index in [-0.39, 0.29) is 35.5 Å². The molecule has 0 amide bonds. The fourth-order valence-electron chi connectivity index (χ4n) is 3.54. The summed E-state index contributed by atoms with van der Waals surface area (Å²) in [4.78, 5) is 19.7. The maximum Gasteiger partial charge on any atom is 0.258 e. The van der Waals surface area contributed by atoms with Gasteiger partial charge in [-0.15, -0.1) is 0 Å². The number of methoxy groups -OCH3 is 1. The van der Waals surface area contributed by atoms with Crippen LogP contribution in [0.3, 0.4) is 0 Å². The molecule has 0 bridgehead atoms. The number of para-hydroxylation sites is 1. The average molecular weight is 429 g/mol. The molecule has 158 valence electrons. The molecule has 1 atom stereocenters. The van der Waals surface area contributed by atoms with Crippen LogP contribution in [0.5, 0.6) is 5.75 Å². The smallest absolute Gasteiger partial charge is 0.258 e. The number of nitrogens with zero attached hydrogens (tertiary/aromatic N) is 2. The highest BCUT2D eigenvalue weighted by Crippen LogP contribution is 2.23. The summed E-state index contributed by atoms with van der Waals surface area (Å²) in [5, 5.41) is 0.463. The monoisotopic (exact) mass is 429 g/mol. The number of ether oxygens (including phenoxy) is 2. The molecule has 0 radical (unpaired) electrons. The Labute approximate surface area is 174 Å². The lowest BCUT2D eigenvalue weighted by molar-refractivity contribution is 0.0921. The molecule has 0 unspecified atom stereocenters. The van der Waals surface area contributed by atoms with Gasteiger partial charge in [0.15, 0.2) is 0 Å². The molecule has 9 heteroatoms. The zero-order valence-corrected chi connectivity index (χ0v) is 17.4. The maximum absolute atomic E-state index is 13.4. The molecule has 3 aromatic rings. The van der Waals surface area contributed by atoms with Crippen molar-refractivity contribution < 1.29 is 17.9 Å². The largest absolute Gasteiger partial charge is 0.497 e. The minimum absolute atomic E-state index is 0.0612. The normalized spacial score (nSPS) is 16.9. The molecule has 8 nitrogen and oxygen atoms in total. The molecule has 1 aliphatic heterocycles. The number of hydrogen-bond donors (Lipinski definition) is 1. The van der Waals surface area contributed by atoms with Gasteiger partial charge in [0.25, 0.3) is 5.56 Å². The highest BCUT2D eigenvalue weighted by molar-refractivity contribution is 7.89. The SMILES string of the molecule is COc1ccc(S(=O)(=O)N(Cc2nc3ccccc3c(=O)[nH]2)C[C@@H]2CCCO2)cc1. The van der Waals surface area contributed by atoms with Crippen LogP contribution in [0.25, 0.3) is 10.9 Å². The summed E-state index contributed by atoms with van der Waals surface area (Å²) in [5.41, 5.74) is 0.227. The molecule has 2 aromatic carbocycles. The zero-order chi connectivity index (χ0) is 21.1. The van der Waals surface area contributed by atoms with Crippen molar-refractivity contribution in [2.75, 3.05) is 20.3 Å². The Kier molecular flexibility index (Phi) is 5.85. The number of aromatic nitrogens is 2. The van der Waals surface area contributed by atoms with E-state index in [1.165, 1.54) is 23.5 Å². The second-order valence-corrected chi connectivity index (χ2v) is 9.08. The predicted molar refractivity (Wildman–Crippen MR) is 112 cm³/mol. The quantitative estimate of drug-likeness (QED) is 0.618. The number of nitrogens with one attached hydrogen (secondary N) is 1. The Morgan fingerprint density at radius 1 is 1.20 bits per heavy atom. The van der Waals surface area contributed by atoms with Crippen LogP contribution in [-0.2, 0) is 21.3 Å². The summed E-state index contributed by atoms with van der Waals surface area (Å²) >= 11 is 0. The van der Waals surface area contributed by atoms with Gasteiger partial charge in [-0.3, -0.25) is 4.79 Å². The van der Waals surface area contributed by atoms with Crippen LogP contribution in [0.1, 0.15) is 18.7 Å². The Balaban J connectivity index is 1.69. The van der Waals surface area contributed by atoms with E-state index in [9.17, 15) is 13.2 Å². The lowest BCUT2D eigenvalue weighted by Crippen LogP contribution is -2.37. The molecule has 1 N–H and O–H groups in total. The molecule has 2 heterocycles. The van der Waals surface area contributed by atoms with Gasteiger partial charge >= 0.3 is 0 Å². The van der Waals surface area contributed by atoms with Crippen molar-refractivity contribution in [1.29, 1.82) is 0 Å². The summed E-state index contributed by atoms with van der Waals surface area (Å²) in [6.45, 7) is 0.741. The topological polar surface area (TPSA) is 102 Å². The predicted octanol–water partition coefficient (Wildman–Crippen LogP) is 2.30. The molecule has 30 heavy (non-hydrogen) atoms. The van der Waals surface area contributed by atoms with Crippen LogP contribution >= 0.6 is 0 Å². The Hall–Kier alpha value is -2.75. The standard InChI is InChI=1S/C21H23N3O5S/c1-28-15-8-10-17(11-9-15)30(26,27)24(13-16-5-4-12-29-16)14-20-22-19-7-3-2-6-18(19)21(25)23-20/h2-3,6-11,16H,4-5,12-14H2,1H3,(H,22,23,25)/t16-/m0/s1. The molecule has 1 saturated heterocycles. The van der Waals surface area contributed by atoms with Crippen LogP contribution in [0.2, 0.25) is 0 Å². The number of fused-ring (bicyclic) bond motifs is 1. The van der Waals surface area contributed by atoms with Crippen molar-refractivity contribution in [2.45, 2.75) is 30.4 Å². The lowest BCUT2D eigenvalue weighted by atomic mass is 10.2. The van der Waals surface area contributed by atoms with Gasteiger partial charge in [0.1, 0.15) is 11.6 Å². The third kappa shape index (κ3) is 4.23. The third-order valence-corrected chi connectivity index (χ3v) is 6.94. The number of rotatable bonds is 7. The average Bonchev–Trinajstić information content (AvgIpc) is 3.26. The van der Waals surface area contributed by atoms with E-state index in [1.54, 1.807) is 36.4 Å². The molecule has 0 saturated carbocycles. The first-order chi connectivity index (χ1) is 14.5. The molecule has 0 aliphatic carbocycles. The van der Waals surface area contributed by atoms with E-state index in [4.69, 9.17) is 9.47 Å². The van der Waals surface area contributed by atoms with Gasteiger partial charge in [0, 0.05) is 13.2 Å². The van der Waals surface area contributed by atoms with Crippen LogP contribution in [-0.4, -0.2) is 49.1 Å². The van der Waals surface area contributed by atoms with E-state index in [0.29, 0.717) is 23.3 Å². The number of benzene rings is 2. The minimum Gasteiger partial charge on any atom is -0.497 e. The first kappa shape index (κ1) is 20.5. The molecule has 0 spiro atoms. The fraction of sp³-hybridized carbons (Fsp3) is 0.333. The molecular weight excluding hydrogens is 406 g/mol. The number of sulfonamides is 1. The highest BCUT2D eigenvalue weighted by Gasteiger charge is 2.30. The molecule has 1 aromatic heterocycles. The summed E-state index contributed by atoms with van der Waals surface area (Å²) in [6.07, 6.45) is 1.49. The molecule has 4 rings (SSSR count). The van der Waals surface area contributed by atoms with Crippen molar-refractivity contribution in [3.63, 3.8) is 0 Å². The van der Waals surface area contributed by atoms with Gasteiger partial charge < -0.3 is 14.5 Å². The first-order valence-electron chi connectivity index (χ1n) is 9.71. The van der Waals surface area contributed by atoms with Gasteiger partial charge in [-0.2, -0.15) is 4.31 Å². The van der Waals surface area contributed by atoms with Crippen molar-refractivity contribution in [2.24, 2.45) is 0 Å².